The fourth-order valence-corrected chi connectivity index (χ4v) is 2.33. The second kappa shape index (κ2) is 6.58. The molecule has 0 saturated heterocycles. The highest BCUT2D eigenvalue weighted by molar-refractivity contribution is 7.10. The van der Waals surface area contributed by atoms with Crippen LogP contribution in [0.1, 0.15) is 10.4 Å². The summed E-state index contributed by atoms with van der Waals surface area (Å²) in [5.74, 6) is 5.46. The van der Waals surface area contributed by atoms with Gasteiger partial charge in [0, 0.05) is 11.6 Å². The van der Waals surface area contributed by atoms with E-state index in [0.717, 1.165) is 10.4 Å². The van der Waals surface area contributed by atoms with E-state index in [1.54, 1.807) is 0 Å². The third-order valence-electron chi connectivity index (χ3n) is 2.31. The van der Waals surface area contributed by atoms with E-state index in [4.69, 9.17) is 21.4 Å². The second-order valence-corrected chi connectivity index (χ2v) is 4.99. The van der Waals surface area contributed by atoms with Crippen molar-refractivity contribution in [2.24, 2.45) is 0 Å². The highest BCUT2D eigenvalue weighted by Crippen LogP contribution is 2.23. The van der Waals surface area contributed by atoms with Crippen LogP contribution < -0.4 is 4.74 Å². The predicted molar refractivity (Wildman–Crippen MR) is 74.0 cm³/mol. The SMILES string of the molecule is OCC#Cc1ccsc1COc1ccc(F)c(Cl)c1. The average molecular weight is 297 g/mol. The molecule has 1 aromatic heterocycles. The topological polar surface area (TPSA) is 29.5 Å². The first kappa shape index (κ1) is 13.9. The summed E-state index contributed by atoms with van der Waals surface area (Å²) in [6, 6.07) is 6.08. The number of benzene rings is 1. The fraction of sp³-hybridized carbons (Fsp3) is 0.143. The van der Waals surface area contributed by atoms with Crippen LogP contribution in [0.25, 0.3) is 0 Å². The van der Waals surface area contributed by atoms with Crippen LogP contribution in [0.3, 0.4) is 0 Å². The first-order valence-electron chi connectivity index (χ1n) is 5.44. The molecule has 1 heterocycles. The van der Waals surface area contributed by atoms with E-state index >= 15 is 0 Å². The molecule has 2 nitrogen and oxygen atoms in total. The van der Waals surface area contributed by atoms with Crippen molar-refractivity contribution < 1.29 is 14.2 Å². The van der Waals surface area contributed by atoms with E-state index in [0.29, 0.717) is 12.4 Å². The summed E-state index contributed by atoms with van der Waals surface area (Å²) in [5, 5.41) is 10.6. The smallest absolute Gasteiger partial charge is 0.142 e. The molecule has 1 N–H and O–H groups in total. The lowest BCUT2D eigenvalue weighted by atomic mass is 10.2. The molecule has 2 aromatic rings. The predicted octanol–water partition coefficient (Wildman–Crippen LogP) is 3.46. The normalized spacial score (nSPS) is 9.84. The summed E-state index contributed by atoms with van der Waals surface area (Å²) in [6.07, 6.45) is 0. The molecule has 0 aliphatic carbocycles. The van der Waals surface area contributed by atoms with Crippen molar-refractivity contribution in [2.45, 2.75) is 6.61 Å². The van der Waals surface area contributed by atoms with Crippen LogP contribution in [0.5, 0.6) is 5.75 Å². The van der Waals surface area contributed by atoms with E-state index in [2.05, 4.69) is 11.8 Å². The maximum Gasteiger partial charge on any atom is 0.142 e. The van der Waals surface area contributed by atoms with Crippen LogP contribution in [-0.4, -0.2) is 11.7 Å². The van der Waals surface area contributed by atoms with Crippen molar-refractivity contribution in [3.8, 4) is 17.6 Å². The molecule has 0 bridgehead atoms. The lowest BCUT2D eigenvalue weighted by molar-refractivity contribution is 0.309. The van der Waals surface area contributed by atoms with E-state index in [1.807, 2.05) is 11.4 Å². The molecule has 0 radical (unpaired) electrons. The molecule has 0 aliphatic rings. The van der Waals surface area contributed by atoms with Gasteiger partial charge in [-0.2, -0.15) is 0 Å². The van der Waals surface area contributed by atoms with Crippen molar-refractivity contribution in [3.05, 3.63) is 50.9 Å². The maximum atomic E-state index is 13.0. The van der Waals surface area contributed by atoms with E-state index in [9.17, 15) is 4.39 Å². The number of hydrogen-bond donors (Lipinski definition) is 1. The Hall–Kier alpha value is -1.54. The molecule has 0 unspecified atom stereocenters. The van der Waals surface area contributed by atoms with Crippen molar-refractivity contribution >= 4 is 22.9 Å². The summed E-state index contributed by atoms with van der Waals surface area (Å²) in [6.45, 7) is 0.152. The minimum absolute atomic E-state index is 0.0315. The van der Waals surface area contributed by atoms with Crippen LogP contribution in [0.2, 0.25) is 5.02 Å². The van der Waals surface area contributed by atoms with E-state index in [-0.39, 0.29) is 11.6 Å². The zero-order chi connectivity index (χ0) is 13.7. The number of aliphatic hydroxyl groups is 1. The quantitative estimate of drug-likeness (QED) is 0.879. The van der Waals surface area contributed by atoms with Crippen molar-refractivity contribution in [1.29, 1.82) is 0 Å². The molecule has 2 rings (SSSR count). The molecular formula is C14H10ClFO2S. The van der Waals surface area contributed by atoms with Gasteiger partial charge < -0.3 is 9.84 Å². The van der Waals surface area contributed by atoms with Gasteiger partial charge in [-0.25, -0.2) is 4.39 Å². The molecule has 0 spiro atoms. The summed E-state index contributed by atoms with van der Waals surface area (Å²) in [7, 11) is 0. The molecule has 0 saturated carbocycles. The lowest BCUT2D eigenvalue weighted by Crippen LogP contribution is -1.95. The monoisotopic (exact) mass is 296 g/mol. The zero-order valence-corrected chi connectivity index (χ0v) is 11.4. The Morgan fingerprint density at radius 1 is 1.37 bits per heavy atom. The Balaban J connectivity index is 2.06. The molecular weight excluding hydrogens is 287 g/mol. The number of thiophene rings is 1. The minimum Gasteiger partial charge on any atom is -0.488 e. The molecule has 0 aliphatic heterocycles. The number of hydrogen-bond acceptors (Lipinski definition) is 3. The van der Waals surface area contributed by atoms with Crippen LogP contribution >= 0.6 is 22.9 Å². The van der Waals surface area contributed by atoms with Crippen LogP contribution in [0, 0.1) is 17.7 Å². The zero-order valence-electron chi connectivity index (χ0n) is 9.82. The van der Waals surface area contributed by atoms with Crippen LogP contribution in [0.4, 0.5) is 4.39 Å². The number of aliphatic hydroxyl groups excluding tert-OH is 1. The summed E-state index contributed by atoms with van der Waals surface area (Å²) in [5.41, 5.74) is 0.826. The Bertz CT molecular complexity index is 628. The molecule has 0 fully saturated rings. The lowest BCUT2D eigenvalue weighted by Gasteiger charge is -2.06. The number of ether oxygens (including phenoxy) is 1. The molecule has 0 atom stereocenters. The summed E-state index contributed by atoms with van der Waals surface area (Å²) >= 11 is 7.18. The van der Waals surface area contributed by atoms with Gasteiger partial charge in [0.05, 0.1) is 9.90 Å². The first-order valence-corrected chi connectivity index (χ1v) is 6.70. The second-order valence-electron chi connectivity index (χ2n) is 3.58. The molecule has 1 aromatic carbocycles. The Morgan fingerprint density at radius 3 is 2.95 bits per heavy atom. The summed E-state index contributed by atoms with van der Waals surface area (Å²) in [4.78, 5) is 0.946. The van der Waals surface area contributed by atoms with Crippen molar-refractivity contribution in [2.75, 3.05) is 6.61 Å². The van der Waals surface area contributed by atoms with Gasteiger partial charge in [-0.05, 0) is 23.6 Å². The maximum absolute atomic E-state index is 13.0. The van der Waals surface area contributed by atoms with Crippen LogP contribution in [0.15, 0.2) is 29.6 Å². The van der Waals surface area contributed by atoms with E-state index in [1.165, 1.54) is 29.5 Å². The first-order chi connectivity index (χ1) is 9.20. The Morgan fingerprint density at radius 2 is 2.21 bits per heavy atom. The molecule has 5 heteroatoms. The highest BCUT2D eigenvalue weighted by Gasteiger charge is 2.05. The average Bonchev–Trinajstić information content (AvgIpc) is 2.85. The minimum atomic E-state index is -0.473. The Kier molecular flexibility index (Phi) is 4.80. The largest absolute Gasteiger partial charge is 0.488 e. The van der Waals surface area contributed by atoms with Crippen molar-refractivity contribution in [1.82, 2.24) is 0 Å². The standard InChI is InChI=1S/C14H10ClFO2S/c15-12-8-11(3-4-13(12)16)18-9-14-10(2-1-6-17)5-7-19-14/h3-5,7-8,17H,6,9H2. The highest BCUT2D eigenvalue weighted by atomic mass is 35.5. The van der Waals surface area contributed by atoms with Gasteiger partial charge >= 0.3 is 0 Å². The third kappa shape index (κ3) is 3.71. The molecule has 0 amide bonds. The Labute approximate surface area is 119 Å². The third-order valence-corrected chi connectivity index (χ3v) is 3.49. The van der Waals surface area contributed by atoms with Crippen LogP contribution in [-0.2, 0) is 6.61 Å². The molecule has 98 valence electrons. The fourth-order valence-electron chi connectivity index (χ4n) is 1.41. The van der Waals surface area contributed by atoms with Gasteiger partial charge in [0.15, 0.2) is 0 Å². The van der Waals surface area contributed by atoms with Gasteiger partial charge in [-0.3, -0.25) is 0 Å². The van der Waals surface area contributed by atoms with Gasteiger partial charge in [-0.1, -0.05) is 23.4 Å². The van der Waals surface area contributed by atoms with Crippen molar-refractivity contribution in [3.63, 3.8) is 0 Å². The number of halogens is 2. The molecule has 19 heavy (non-hydrogen) atoms. The van der Waals surface area contributed by atoms with E-state index < -0.39 is 5.82 Å². The van der Waals surface area contributed by atoms with Gasteiger partial charge in [0.25, 0.3) is 0 Å². The van der Waals surface area contributed by atoms with Gasteiger partial charge in [0.1, 0.15) is 24.8 Å². The van der Waals surface area contributed by atoms with Gasteiger partial charge in [0.2, 0.25) is 0 Å². The number of rotatable bonds is 3. The summed E-state index contributed by atoms with van der Waals surface area (Å²) < 4.78 is 18.5. The van der Waals surface area contributed by atoms with Gasteiger partial charge in [-0.15, -0.1) is 11.3 Å².